The van der Waals surface area contributed by atoms with Gasteiger partial charge < -0.3 is 15.2 Å². The molecular formula is C27H25N5O4S. The van der Waals surface area contributed by atoms with Crippen molar-refractivity contribution in [1.29, 1.82) is 0 Å². The standard InChI is InChI=1S/C27H25N5O4S/c1-15-18(14-31(3)30-15)13-22-26(35)32-24(17-10-11-20(33)21(12-17)36-4)23(16(2)28-27(32)37-22)25(34)29-19-8-6-5-7-9-19/h5-14,24,33H,1-4H3,(H,29,34)/b22-13+. The van der Waals surface area contributed by atoms with Crippen molar-refractivity contribution in [2.75, 3.05) is 12.4 Å². The second kappa shape index (κ2) is 9.55. The predicted octanol–water partition coefficient (Wildman–Crippen LogP) is 2.63. The number of hydrogen-bond acceptors (Lipinski definition) is 7. The lowest BCUT2D eigenvalue weighted by molar-refractivity contribution is -0.113. The molecule has 1 aliphatic rings. The fraction of sp³-hybridized carbons (Fsp3) is 0.185. The molecule has 1 atom stereocenters. The van der Waals surface area contributed by atoms with Crippen molar-refractivity contribution in [1.82, 2.24) is 14.3 Å². The van der Waals surface area contributed by atoms with Gasteiger partial charge in [0, 0.05) is 24.5 Å². The number of carbonyl (C=O) groups is 1. The van der Waals surface area contributed by atoms with Crippen LogP contribution in [-0.2, 0) is 11.8 Å². The van der Waals surface area contributed by atoms with Gasteiger partial charge in [0.15, 0.2) is 16.3 Å². The van der Waals surface area contributed by atoms with E-state index in [0.717, 1.165) is 11.3 Å². The highest BCUT2D eigenvalue weighted by Crippen LogP contribution is 2.35. The number of benzene rings is 2. The van der Waals surface area contributed by atoms with E-state index in [-0.39, 0.29) is 23.0 Å². The molecule has 37 heavy (non-hydrogen) atoms. The number of anilines is 1. The Bertz CT molecular complexity index is 1730. The van der Waals surface area contributed by atoms with E-state index in [0.29, 0.717) is 31.9 Å². The highest BCUT2D eigenvalue weighted by Gasteiger charge is 2.33. The van der Waals surface area contributed by atoms with E-state index in [1.54, 1.807) is 41.9 Å². The Morgan fingerprint density at radius 3 is 2.62 bits per heavy atom. The molecule has 1 unspecified atom stereocenters. The second-order valence-electron chi connectivity index (χ2n) is 8.68. The number of carbonyl (C=O) groups excluding carboxylic acids is 1. The maximum atomic E-state index is 13.8. The van der Waals surface area contributed by atoms with Crippen molar-refractivity contribution < 1.29 is 14.6 Å². The van der Waals surface area contributed by atoms with Gasteiger partial charge in [-0.15, -0.1) is 0 Å². The summed E-state index contributed by atoms with van der Waals surface area (Å²) in [4.78, 5) is 32.5. The van der Waals surface area contributed by atoms with Gasteiger partial charge in [0.25, 0.3) is 11.5 Å². The van der Waals surface area contributed by atoms with Crippen LogP contribution >= 0.6 is 11.3 Å². The molecule has 0 radical (unpaired) electrons. The summed E-state index contributed by atoms with van der Waals surface area (Å²) in [7, 11) is 3.27. The first kappa shape index (κ1) is 24.3. The molecule has 0 aliphatic carbocycles. The van der Waals surface area contributed by atoms with Crippen LogP contribution in [0.1, 0.15) is 29.8 Å². The van der Waals surface area contributed by atoms with E-state index in [9.17, 15) is 14.7 Å². The molecule has 9 nitrogen and oxygen atoms in total. The maximum Gasteiger partial charge on any atom is 0.271 e. The van der Waals surface area contributed by atoms with Crippen LogP contribution in [-0.4, -0.2) is 32.5 Å². The molecule has 10 heteroatoms. The number of amides is 1. The molecule has 3 heterocycles. The molecule has 0 fully saturated rings. The lowest BCUT2D eigenvalue weighted by Crippen LogP contribution is -2.40. The molecule has 4 aromatic rings. The molecule has 1 amide bonds. The minimum atomic E-state index is -0.786. The summed E-state index contributed by atoms with van der Waals surface area (Å²) >= 11 is 1.25. The summed E-state index contributed by atoms with van der Waals surface area (Å²) in [5.74, 6) is -0.174. The minimum absolute atomic E-state index is 0.0401. The van der Waals surface area contributed by atoms with E-state index in [4.69, 9.17) is 4.74 Å². The van der Waals surface area contributed by atoms with Gasteiger partial charge in [-0.3, -0.25) is 18.8 Å². The largest absolute Gasteiger partial charge is 0.504 e. The summed E-state index contributed by atoms with van der Waals surface area (Å²) < 4.78 is 9.02. The summed E-state index contributed by atoms with van der Waals surface area (Å²) in [5, 5.41) is 17.5. The van der Waals surface area contributed by atoms with E-state index < -0.39 is 6.04 Å². The maximum absolute atomic E-state index is 13.8. The van der Waals surface area contributed by atoms with Crippen molar-refractivity contribution >= 4 is 29.0 Å². The number of nitrogens with zero attached hydrogens (tertiary/aromatic N) is 4. The number of allylic oxidation sites excluding steroid dienone is 1. The summed E-state index contributed by atoms with van der Waals surface area (Å²) in [6.45, 7) is 3.64. The lowest BCUT2D eigenvalue weighted by Gasteiger charge is -2.25. The number of fused-ring (bicyclic) bond motifs is 1. The van der Waals surface area contributed by atoms with E-state index in [1.165, 1.54) is 29.1 Å². The van der Waals surface area contributed by atoms with Crippen LogP contribution in [0.2, 0.25) is 0 Å². The third-order valence-corrected chi connectivity index (χ3v) is 7.14. The van der Waals surface area contributed by atoms with E-state index >= 15 is 0 Å². The molecule has 188 valence electrons. The zero-order valence-corrected chi connectivity index (χ0v) is 21.5. The van der Waals surface area contributed by atoms with Gasteiger partial charge in [-0.1, -0.05) is 35.6 Å². The molecular weight excluding hydrogens is 490 g/mol. The third kappa shape index (κ3) is 4.47. The predicted molar refractivity (Wildman–Crippen MR) is 141 cm³/mol. The number of ether oxygens (including phenoxy) is 1. The SMILES string of the molecule is COc1cc(C2C(C(=O)Nc3ccccc3)=C(C)N=c3s/c(=C/c4cn(C)nc4C)c(=O)n32)ccc1O. The molecule has 2 N–H and O–H groups in total. The average molecular weight is 516 g/mol. The fourth-order valence-electron chi connectivity index (χ4n) is 4.41. The van der Waals surface area contributed by atoms with Crippen molar-refractivity contribution in [3.05, 3.63) is 103 Å². The topological polar surface area (TPSA) is 111 Å². The van der Waals surface area contributed by atoms with Crippen molar-refractivity contribution in [3.63, 3.8) is 0 Å². The van der Waals surface area contributed by atoms with Crippen molar-refractivity contribution in [3.8, 4) is 11.5 Å². The smallest absolute Gasteiger partial charge is 0.271 e. The van der Waals surface area contributed by atoms with Gasteiger partial charge in [-0.25, -0.2) is 4.99 Å². The second-order valence-corrected chi connectivity index (χ2v) is 9.69. The Morgan fingerprint density at radius 1 is 1.19 bits per heavy atom. The Labute approximate surface area is 216 Å². The first-order valence-corrected chi connectivity index (χ1v) is 12.3. The van der Waals surface area contributed by atoms with Crippen LogP contribution in [0.25, 0.3) is 6.08 Å². The Balaban J connectivity index is 1.71. The molecule has 0 bridgehead atoms. The number of aryl methyl sites for hydroxylation is 2. The molecule has 2 aromatic heterocycles. The van der Waals surface area contributed by atoms with E-state index in [2.05, 4.69) is 15.4 Å². The van der Waals surface area contributed by atoms with Crippen LogP contribution in [0.4, 0.5) is 5.69 Å². The number of thiazole rings is 1. The summed E-state index contributed by atoms with van der Waals surface area (Å²) in [5.41, 5.74) is 3.40. The van der Waals surface area contributed by atoms with Gasteiger partial charge in [0.2, 0.25) is 0 Å². The first-order chi connectivity index (χ1) is 17.8. The van der Waals surface area contributed by atoms with Gasteiger partial charge in [-0.05, 0) is 49.8 Å². The quantitative estimate of drug-likeness (QED) is 0.425. The van der Waals surface area contributed by atoms with Crippen molar-refractivity contribution in [2.45, 2.75) is 19.9 Å². The van der Waals surface area contributed by atoms with E-state index in [1.807, 2.05) is 38.4 Å². The summed E-state index contributed by atoms with van der Waals surface area (Å²) in [6.07, 6.45) is 3.64. The third-order valence-electron chi connectivity index (χ3n) is 6.16. The van der Waals surface area contributed by atoms with Crippen molar-refractivity contribution in [2.24, 2.45) is 12.0 Å². The lowest BCUT2D eigenvalue weighted by atomic mass is 9.94. The highest BCUT2D eigenvalue weighted by atomic mass is 32.1. The van der Waals surface area contributed by atoms with Crippen LogP contribution in [0.5, 0.6) is 11.5 Å². The normalized spacial score (nSPS) is 15.4. The molecule has 0 spiro atoms. The highest BCUT2D eigenvalue weighted by molar-refractivity contribution is 7.07. The summed E-state index contributed by atoms with van der Waals surface area (Å²) in [6, 6.07) is 13.1. The Morgan fingerprint density at radius 2 is 1.95 bits per heavy atom. The monoisotopic (exact) mass is 515 g/mol. The van der Waals surface area contributed by atoms with Crippen LogP contribution in [0, 0.1) is 6.92 Å². The van der Waals surface area contributed by atoms with Crippen LogP contribution in [0.15, 0.2) is 75.8 Å². The molecule has 0 saturated carbocycles. The molecule has 1 aliphatic heterocycles. The number of hydrogen-bond donors (Lipinski definition) is 2. The zero-order valence-electron chi connectivity index (χ0n) is 20.7. The molecule has 5 rings (SSSR count). The van der Waals surface area contributed by atoms with Gasteiger partial charge in [0.05, 0.1) is 34.6 Å². The Hall–Kier alpha value is -4.44. The minimum Gasteiger partial charge on any atom is -0.504 e. The number of aromatic nitrogens is 3. The number of para-hydroxylation sites is 1. The number of methoxy groups -OCH3 is 1. The van der Waals surface area contributed by atoms with Crippen LogP contribution in [0.3, 0.4) is 0 Å². The van der Waals surface area contributed by atoms with Crippen LogP contribution < -0.4 is 24.9 Å². The van der Waals surface area contributed by atoms with Gasteiger partial charge >= 0.3 is 0 Å². The average Bonchev–Trinajstić information content (AvgIpc) is 3.35. The fourth-order valence-corrected chi connectivity index (χ4v) is 5.45. The number of aromatic hydroxyl groups is 1. The number of phenols is 1. The molecule has 2 aromatic carbocycles. The first-order valence-electron chi connectivity index (χ1n) is 11.5. The zero-order chi connectivity index (χ0) is 26.3. The van der Waals surface area contributed by atoms with Gasteiger partial charge in [0.1, 0.15) is 0 Å². The number of rotatable bonds is 5. The molecule has 0 saturated heterocycles. The number of phenolic OH excluding ortho intramolecular Hbond substituents is 1. The number of nitrogens with one attached hydrogen (secondary N) is 1. The Kier molecular flexibility index (Phi) is 6.26. The van der Waals surface area contributed by atoms with Gasteiger partial charge in [-0.2, -0.15) is 5.10 Å².